The average Bonchev–Trinajstić information content (AvgIpc) is 2.98. The van der Waals surface area contributed by atoms with E-state index in [0.717, 1.165) is 32.1 Å². The molecule has 2 aliphatic heterocycles. The number of amides is 1. The molecule has 0 N–H and O–H groups in total. The van der Waals surface area contributed by atoms with Crippen LogP contribution in [0.2, 0.25) is 0 Å². The van der Waals surface area contributed by atoms with E-state index in [-0.39, 0.29) is 25.4 Å². The minimum Gasteiger partial charge on any atom is -0.464 e. The van der Waals surface area contributed by atoms with Crippen molar-refractivity contribution >= 4 is 31.7 Å². The van der Waals surface area contributed by atoms with Crippen LogP contribution in [0.1, 0.15) is 99.8 Å². The van der Waals surface area contributed by atoms with E-state index in [1.807, 2.05) is 6.92 Å². The number of rotatable bonds is 6. The monoisotopic (exact) mass is 579 g/mol. The molecular weight excluding hydrogens is 534 g/mol. The predicted molar refractivity (Wildman–Crippen MR) is 143 cm³/mol. The maximum absolute atomic E-state index is 13.6. The van der Waals surface area contributed by atoms with Gasteiger partial charge in [-0.1, -0.05) is 19.3 Å². The Hall–Kier alpha value is -1.40. The topological polar surface area (TPSA) is 133 Å². The highest BCUT2D eigenvalue weighted by molar-refractivity contribution is 8.12. The van der Waals surface area contributed by atoms with E-state index in [1.54, 1.807) is 39.5 Å². The molecule has 0 aromatic rings. The number of sulfone groups is 2. The van der Waals surface area contributed by atoms with Crippen molar-refractivity contribution in [2.24, 2.45) is 5.92 Å². The van der Waals surface area contributed by atoms with Gasteiger partial charge in [-0.05, 0) is 86.5 Å². The Morgan fingerprint density at radius 1 is 0.947 bits per heavy atom. The van der Waals surface area contributed by atoms with Gasteiger partial charge in [0.05, 0.1) is 29.8 Å². The minimum atomic E-state index is -4.37. The third kappa shape index (κ3) is 5.33. The summed E-state index contributed by atoms with van der Waals surface area (Å²) in [5, 5.41) is 0. The van der Waals surface area contributed by atoms with E-state index < -0.39 is 76.7 Å². The zero-order valence-corrected chi connectivity index (χ0v) is 25.5. The second-order valence-electron chi connectivity index (χ2n) is 12.4. The van der Waals surface area contributed by atoms with Crippen LogP contribution in [0.15, 0.2) is 0 Å². The molecule has 1 aliphatic carbocycles. The van der Waals surface area contributed by atoms with Gasteiger partial charge in [0.25, 0.3) is 4.08 Å². The predicted octanol–water partition coefficient (Wildman–Crippen LogP) is 3.97. The summed E-state index contributed by atoms with van der Waals surface area (Å²) in [7, 11) is -8.75. The van der Waals surface area contributed by atoms with E-state index in [1.165, 1.54) is 6.92 Å². The smallest absolute Gasteiger partial charge is 0.413 e. The maximum atomic E-state index is 13.6. The molecule has 0 spiro atoms. The summed E-state index contributed by atoms with van der Waals surface area (Å²) in [5.74, 6) is -2.05. The molecule has 0 unspecified atom stereocenters. The Kier molecular flexibility index (Phi) is 8.63. The second-order valence-corrected chi connectivity index (χ2v) is 17.4. The SMILES string of the molecule is CCOC(=O)C1(CC[C@@H]2OC(C)(C)N(C(=O)OC(C)(C)C)[C@@]2(C)C2CCCCC2)S(=O)(=O)CCCS1(=O)=O. The molecule has 3 fully saturated rings. The van der Waals surface area contributed by atoms with Crippen molar-refractivity contribution in [3.8, 4) is 0 Å². The fourth-order valence-corrected chi connectivity index (χ4v) is 12.1. The lowest BCUT2D eigenvalue weighted by Crippen LogP contribution is -2.61. The van der Waals surface area contributed by atoms with Crippen LogP contribution in [0.3, 0.4) is 0 Å². The van der Waals surface area contributed by atoms with E-state index in [0.29, 0.717) is 0 Å². The van der Waals surface area contributed by atoms with Crippen molar-refractivity contribution in [3.63, 3.8) is 0 Å². The quantitative estimate of drug-likeness (QED) is 0.429. The van der Waals surface area contributed by atoms with Crippen molar-refractivity contribution in [3.05, 3.63) is 0 Å². The van der Waals surface area contributed by atoms with Crippen LogP contribution in [0.4, 0.5) is 4.79 Å². The van der Waals surface area contributed by atoms with Crippen LogP contribution in [-0.4, -0.2) is 79.0 Å². The zero-order valence-electron chi connectivity index (χ0n) is 23.9. The summed E-state index contributed by atoms with van der Waals surface area (Å²) in [6, 6.07) is 0. The summed E-state index contributed by atoms with van der Waals surface area (Å²) in [6.07, 6.45) is 2.81. The van der Waals surface area contributed by atoms with Gasteiger partial charge in [0, 0.05) is 0 Å². The van der Waals surface area contributed by atoms with Gasteiger partial charge in [-0.2, -0.15) is 0 Å². The number of carbonyl (C=O) groups is 2. The van der Waals surface area contributed by atoms with Gasteiger partial charge in [0.1, 0.15) is 11.3 Å². The lowest BCUT2D eigenvalue weighted by molar-refractivity contribution is -0.144. The fraction of sp³-hybridized carbons (Fsp3) is 0.923. The van der Waals surface area contributed by atoms with Crippen molar-refractivity contribution in [2.75, 3.05) is 18.1 Å². The number of esters is 1. The summed E-state index contributed by atoms with van der Waals surface area (Å²) in [4.78, 5) is 28.4. The molecule has 3 aliphatic rings. The Labute approximate surface area is 228 Å². The number of hydrogen-bond donors (Lipinski definition) is 0. The van der Waals surface area contributed by atoms with Gasteiger partial charge < -0.3 is 14.2 Å². The van der Waals surface area contributed by atoms with Crippen molar-refractivity contribution in [1.82, 2.24) is 4.90 Å². The first-order chi connectivity index (χ1) is 17.4. The minimum absolute atomic E-state index is 0.0219. The Balaban J connectivity index is 2.08. The van der Waals surface area contributed by atoms with Gasteiger partial charge in [0.15, 0.2) is 19.7 Å². The third-order valence-corrected chi connectivity index (χ3v) is 14.2. The normalized spacial score (nSPS) is 30.5. The van der Waals surface area contributed by atoms with Gasteiger partial charge >= 0.3 is 12.1 Å². The molecule has 0 aromatic heterocycles. The Morgan fingerprint density at radius 3 is 2.00 bits per heavy atom. The zero-order chi connectivity index (χ0) is 28.8. The molecule has 0 radical (unpaired) electrons. The number of nitrogens with zero attached hydrogens (tertiary/aromatic N) is 1. The third-order valence-electron chi connectivity index (χ3n) is 8.26. The van der Waals surface area contributed by atoms with Crippen LogP contribution < -0.4 is 0 Å². The summed E-state index contributed by atoms with van der Waals surface area (Å²) in [6.45, 7) is 12.2. The fourth-order valence-electron chi connectivity index (χ4n) is 6.64. The van der Waals surface area contributed by atoms with Gasteiger partial charge in [0.2, 0.25) is 0 Å². The molecular formula is C26H45NO9S2. The van der Waals surface area contributed by atoms with E-state index in [9.17, 15) is 26.4 Å². The van der Waals surface area contributed by atoms with Crippen molar-refractivity contribution < 1.29 is 40.6 Å². The van der Waals surface area contributed by atoms with E-state index >= 15 is 0 Å². The van der Waals surface area contributed by atoms with E-state index in [4.69, 9.17) is 14.2 Å². The van der Waals surface area contributed by atoms with Crippen LogP contribution >= 0.6 is 0 Å². The van der Waals surface area contributed by atoms with Gasteiger partial charge in [-0.25, -0.2) is 26.4 Å². The Bertz CT molecular complexity index is 1080. The summed E-state index contributed by atoms with van der Waals surface area (Å²) < 4.78 is 68.1. The average molecular weight is 580 g/mol. The van der Waals surface area contributed by atoms with E-state index in [2.05, 4.69) is 0 Å². The number of hydrogen-bond acceptors (Lipinski definition) is 9. The highest BCUT2D eigenvalue weighted by atomic mass is 32.3. The van der Waals surface area contributed by atoms with Crippen molar-refractivity contribution in [1.29, 1.82) is 0 Å². The van der Waals surface area contributed by atoms with Crippen molar-refractivity contribution in [2.45, 2.75) is 127 Å². The molecule has 2 atom stereocenters. The first-order valence-electron chi connectivity index (χ1n) is 13.7. The molecule has 12 heteroatoms. The maximum Gasteiger partial charge on any atom is 0.413 e. The highest BCUT2D eigenvalue weighted by Crippen LogP contribution is 2.51. The summed E-state index contributed by atoms with van der Waals surface area (Å²) in [5.41, 5.74) is -2.78. The summed E-state index contributed by atoms with van der Waals surface area (Å²) >= 11 is 0. The molecule has 3 rings (SSSR count). The largest absolute Gasteiger partial charge is 0.464 e. The molecule has 1 amide bonds. The molecule has 0 bridgehead atoms. The molecule has 1 saturated carbocycles. The van der Waals surface area contributed by atoms with Crippen LogP contribution in [0.5, 0.6) is 0 Å². The number of carbonyl (C=O) groups excluding carboxylic acids is 2. The van der Waals surface area contributed by atoms with Crippen LogP contribution in [-0.2, 0) is 38.7 Å². The van der Waals surface area contributed by atoms with Gasteiger partial charge in [-0.15, -0.1) is 0 Å². The second kappa shape index (κ2) is 10.5. The highest BCUT2D eigenvalue weighted by Gasteiger charge is 2.66. The lowest BCUT2D eigenvalue weighted by atomic mass is 9.71. The lowest BCUT2D eigenvalue weighted by Gasteiger charge is -2.47. The molecule has 0 aromatic carbocycles. The first-order valence-corrected chi connectivity index (χ1v) is 17.0. The standard InChI is InChI=1S/C26H45NO9S2/c1-8-34-21(28)26(37(30,31)17-12-18-38(26,32)33)16-15-20-25(7,19-13-10-9-11-14-19)27(24(5,6)35-20)22(29)36-23(2,3)4/h19-20H,8-18H2,1-7H3/t20-,25-/m0/s1. The molecule has 2 saturated heterocycles. The molecule has 2 heterocycles. The van der Waals surface area contributed by atoms with Gasteiger partial charge in [-0.3, -0.25) is 4.90 Å². The molecule has 10 nitrogen and oxygen atoms in total. The Morgan fingerprint density at radius 2 is 1.50 bits per heavy atom. The van der Waals surface area contributed by atoms with Crippen LogP contribution in [0, 0.1) is 5.92 Å². The van der Waals surface area contributed by atoms with Crippen LogP contribution in [0.25, 0.3) is 0 Å². The number of ether oxygens (including phenoxy) is 3. The molecule has 220 valence electrons. The first kappa shape index (κ1) is 31.1. The molecule has 38 heavy (non-hydrogen) atoms.